The van der Waals surface area contributed by atoms with Crippen LogP contribution < -0.4 is 10.2 Å². The van der Waals surface area contributed by atoms with E-state index in [0.29, 0.717) is 28.1 Å². The van der Waals surface area contributed by atoms with Crippen LogP contribution in [-0.4, -0.2) is 64.4 Å². The van der Waals surface area contributed by atoms with E-state index in [2.05, 4.69) is 16.4 Å². The number of hydrogen-bond donors (Lipinski definition) is 1. The van der Waals surface area contributed by atoms with Gasteiger partial charge in [0.1, 0.15) is 6.04 Å². The van der Waals surface area contributed by atoms with E-state index < -0.39 is 17.9 Å². The molecule has 0 unspecified atom stereocenters. The van der Waals surface area contributed by atoms with Crippen LogP contribution in [0.4, 0.5) is 14.5 Å². The topological polar surface area (TPSA) is 89.3 Å². The number of pyridine rings is 1. The molecule has 7 nitrogen and oxygen atoms in total. The second-order valence-corrected chi connectivity index (χ2v) is 9.10. The molecule has 4 rings (SSSR count). The van der Waals surface area contributed by atoms with Gasteiger partial charge in [0.2, 0.25) is 5.91 Å². The number of hydrogen-bond acceptors (Lipinski definition) is 6. The molecule has 1 N–H and O–H groups in total. The van der Waals surface area contributed by atoms with Crippen LogP contribution in [0.3, 0.4) is 0 Å². The number of aromatic nitrogens is 1. The molecule has 0 saturated carbocycles. The highest BCUT2D eigenvalue weighted by Crippen LogP contribution is 2.35. The lowest BCUT2D eigenvalue weighted by molar-refractivity contribution is -0.129. The molecule has 10 heteroatoms. The van der Waals surface area contributed by atoms with Gasteiger partial charge in [0.25, 0.3) is 11.8 Å². The second-order valence-electron chi connectivity index (χ2n) is 8.10. The lowest BCUT2D eigenvalue weighted by Crippen LogP contribution is -2.45. The van der Waals surface area contributed by atoms with E-state index in [0.717, 1.165) is 5.69 Å². The van der Waals surface area contributed by atoms with E-state index in [9.17, 15) is 18.4 Å². The summed E-state index contributed by atoms with van der Waals surface area (Å²) >= 11 is 1.50. The van der Waals surface area contributed by atoms with Crippen molar-refractivity contribution in [2.45, 2.75) is 37.8 Å². The molecule has 0 radical (unpaired) electrons. The normalized spacial score (nSPS) is 22.6. The summed E-state index contributed by atoms with van der Waals surface area (Å²) in [6.07, 6.45) is 1.09. The Hall–Kier alpha value is -2.93. The smallest absolute Gasteiger partial charge is 0.252 e. The van der Waals surface area contributed by atoms with Gasteiger partial charge in [-0.3, -0.25) is 14.6 Å². The fourth-order valence-corrected chi connectivity index (χ4v) is 5.30. The highest BCUT2D eigenvalue weighted by molar-refractivity contribution is 7.99. The van der Waals surface area contributed by atoms with Crippen molar-refractivity contribution in [3.8, 4) is 6.07 Å². The minimum atomic E-state index is -2.66. The summed E-state index contributed by atoms with van der Waals surface area (Å²) in [6, 6.07) is 8.24. The Morgan fingerprint density at radius 2 is 2.19 bits per heavy atom. The number of nitrogens with zero attached hydrogens (tertiary/aromatic N) is 4. The molecule has 0 aliphatic carbocycles. The predicted molar refractivity (Wildman–Crippen MR) is 119 cm³/mol. The lowest BCUT2D eigenvalue weighted by atomic mass is 9.98. The van der Waals surface area contributed by atoms with E-state index in [1.165, 1.54) is 22.9 Å². The summed E-state index contributed by atoms with van der Waals surface area (Å²) < 4.78 is 27.5. The van der Waals surface area contributed by atoms with Crippen LogP contribution in [0.2, 0.25) is 0 Å². The van der Waals surface area contributed by atoms with Crippen molar-refractivity contribution in [3.63, 3.8) is 0 Å². The average molecular weight is 460 g/mol. The molecule has 2 atom stereocenters. The number of carbonyl (C=O) groups excluding carboxylic acids is 2. The van der Waals surface area contributed by atoms with Gasteiger partial charge in [0.15, 0.2) is 0 Å². The first-order chi connectivity index (χ1) is 15.3. The molecule has 2 aliphatic rings. The van der Waals surface area contributed by atoms with Gasteiger partial charge in [-0.15, -0.1) is 11.8 Å². The monoisotopic (exact) mass is 459 g/mol. The van der Waals surface area contributed by atoms with Crippen molar-refractivity contribution < 1.29 is 18.4 Å². The zero-order valence-corrected chi connectivity index (χ0v) is 18.4. The van der Waals surface area contributed by atoms with Gasteiger partial charge < -0.3 is 15.1 Å². The Labute approximate surface area is 188 Å². The first kappa shape index (κ1) is 22.3. The van der Waals surface area contributed by atoms with Crippen molar-refractivity contribution in [2.75, 3.05) is 29.6 Å². The zero-order chi connectivity index (χ0) is 22.9. The molecule has 2 aromatic rings. The number of nitrogens with one attached hydrogen (secondary N) is 1. The second kappa shape index (κ2) is 8.90. The molecule has 2 aliphatic heterocycles. The van der Waals surface area contributed by atoms with Gasteiger partial charge >= 0.3 is 0 Å². The first-order valence-electron chi connectivity index (χ1n) is 10.4. The number of carbonyl (C=O) groups is 2. The van der Waals surface area contributed by atoms with Crippen LogP contribution in [0.1, 0.15) is 30.1 Å². The molecule has 1 aromatic carbocycles. The van der Waals surface area contributed by atoms with E-state index in [4.69, 9.17) is 5.26 Å². The van der Waals surface area contributed by atoms with E-state index in [1.54, 1.807) is 25.1 Å². The lowest BCUT2D eigenvalue weighted by Gasteiger charge is -2.39. The molecule has 168 valence electrons. The molecule has 2 fully saturated rings. The number of anilines is 1. The molecule has 32 heavy (non-hydrogen) atoms. The van der Waals surface area contributed by atoms with Gasteiger partial charge in [0.05, 0.1) is 29.6 Å². The Kier molecular flexibility index (Phi) is 6.20. The predicted octanol–water partition coefficient (Wildman–Crippen LogP) is 3.01. The number of piperidine rings is 1. The van der Waals surface area contributed by atoms with Crippen molar-refractivity contribution in [2.24, 2.45) is 0 Å². The fraction of sp³-hybridized carbons (Fsp3) is 0.455. The Morgan fingerprint density at radius 1 is 1.38 bits per heavy atom. The van der Waals surface area contributed by atoms with Crippen molar-refractivity contribution in [1.82, 2.24) is 15.2 Å². The number of alkyl halides is 2. The third-order valence-electron chi connectivity index (χ3n) is 5.90. The fourth-order valence-electron chi connectivity index (χ4n) is 4.19. The Morgan fingerprint density at radius 3 is 2.94 bits per heavy atom. The van der Waals surface area contributed by atoms with Crippen molar-refractivity contribution in [1.29, 1.82) is 5.26 Å². The largest absolute Gasteiger partial charge is 0.368 e. The number of benzene rings is 1. The Balaban J connectivity index is 1.52. The number of halogens is 2. The van der Waals surface area contributed by atoms with Crippen LogP contribution in [-0.2, 0) is 4.79 Å². The molecule has 0 spiro atoms. The summed E-state index contributed by atoms with van der Waals surface area (Å²) in [7, 11) is 0. The third kappa shape index (κ3) is 4.48. The minimum absolute atomic E-state index is 0.209. The summed E-state index contributed by atoms with van der Waals surface area (Å²) in [5.74, 6) is -2.40. The van der Waals surface area contributed by atoms with Gasteiger partial charge in [0, 0.05) is 48.5 Å². The summed E-state index contributed by atoms with van der Waals surface area (Å²) in [6.45, 7) is 1.79. The molecule has 3 heterocycles. The van der Waals surface area contributed by atoms with Crippen LogP contribution in [0, 0.1) is 11.3 Å². The SMILES string of the molecule is C[C@@H]1CC(F)(F)CCN1c1ccc2nccc(C(=O)NCC(=O)N3CSC[C@H]3C#N)c2c1. The van der Waals surface area contributed by atoms with Gasteiger partial charge in [-0.1, -0.05) is 0 Å². The maximum absolute atomic E-state index is 13.7. The van der Waals surface area contributed by atoms with Crippen molar-refractivity contribution >= 4 is 40.2 Å². The molecule has 2 amide bonds. The number of rotatable bonds is 4. The average Bonchev–Trinajstić information content (AvgIpc) is 3.25. The molecule has 0 bridgehead atoms. The molecular formula is C22H23F2N5O2S. The zero-order valence-electron chi connectivity index (χ0n) is 17.6. The Bertz CT molecular complexity index is 1090. The van der Waals surface area contributed by atoms with Crippen LogP contribution >= 0.6 is 11.8 Å². The van der Waals surface area contributed by atoms with Crippen molar-refractivity contribution in [3.05, 3.63) is 36.0 Å². The van der Waals surface area contributed by atoms with Gasteiger partial charge in [-0.25, -0.2) is 8.78 Å². The maximum atomic E-state index is 13.7. The number of fused-ring (bicyclic) bond motifs is 1. The summed E-state index contributed by atoms with van der Waals surface area (Å²) in [5, 5.41) is 12.4. The van der Waals surface area contributed by atoms with E-state index in [1.807, 2.05) is 11.0 Å². The highest BCUT2D eigenvalue weighted by atomic mass is 32.2. The van der Waals surface area contributed by atoms with E-state index >= 15 is 0 Å². The first-order valence-corrected chi connectivity index (χ1v) is 11.5. The van der Waals surface area contributed by atoms with Crippen LogP contribution in [0.25, 0.3) is 10.9 Å². The number of thioether (sulfide) groups is 1. The number of amides is 2. The maximum Gasteiger partial charge on any atom is 0.252 e. The van der Waals surface area contributed by atoms with Gasteiger partial charge in [-0.05, 0) is 31.2 Å². The van der Waals surface area contributed by atoms with Gasteiger partial charge in [-0.2, -0.15) is 5.26 Å². The third-order valence-corrected chi connectivity index (χ3v) is 6.91. The quantitative estimate of drug-likeness (QED) is 0.756. The molecule has 1 aromatic heterocycles. The highest BCUT2D eigenvalue weighted by Gasteiger charge is 2.38. The van der Waals surface area contributed by atoms with Crippen LogP contribution in [0.5, 0.6) is 0 Å². The summed E-state index contributed by atoms with van der Waals surface area (Å²) in [5.41, 5.74) is 1.71. The number of nitriles is 1. The molecular weight excluding hydrogens is 436 g/mol. The minimum Gasteiger partial charge on any atom is -0.368 e. The van der Waals surface area contributed by atoms with E-state index in [-0.39, 0.29) is 37.9 Å². The molecule has 2 saturated heterocycles. The standard InChI is InChI=1S/C22H23F2N5O2S/c1-14-9-22(23,24)5-7-28(14)15-2-3-19-18(8-15)17(4-6-26-19)21(31)27-11-20(30)29-13-32-12-16(29)10-25/h2-4,6,8,14,16H,5,7,9,11-13H2,1H3,(H,27,31)/t14-,16-/m1/s1. The summed E-state index contributed by atoms with van der Waals surface area (Å²) in [4.78, 5) is 33.0. The van der Waals surface area contributed by atoms with Crippen LogP contribution in [0.15, 0.2) is 30.5 Å².